The number of ether oxygens (including phenoxy) is 1. The van der Waals surface area contributed by atoms with Gasteiger partial charge >= 0.3 is 6.18 Å². The summed E-state index contributed by atoms with van der Waals surface area (Å²) in [6, 6.07) is 12.6. The van der Waals surface area contributed by atoms with Crippen LogP contribution in [0.25, 0.3) is 11.0 Å². The standard InChI is InChI=1S/C22H17F3N2O5/c23-22(24,25)13-31-12-17-16-5-1-2-6-18(16)32-19(17)21(29)26-11-3-4-14-7-9-15(10-8-14)20(28)27-30/h1-2,5-10,30H,11-13H2,(H,26,29)(H,27,28). The van der Waals surface area contributed by atoms with Crippen molar-refractivity contribution in [2.45, 2.75) is 12.8 Å². The lowest BCUT2D eigenvalue weighted by Gasteiger charge is -2.08. The van der Waals surface area contributed by atoms with E-state index in [1.165, 1.54) is 17.6 Å². The van der Waals surface area contributed by atoms with Crippen molar-refractivity contribution in [3.63, 3.8) is 0 Å². The third-order valence-electron chi connectivity index (χ3n) is 4.24. The number of alkyl halides is 3. The summed E-state index contributed by atoms with van der Waals surface area (Å²) < 4.78 is 47.5. The zero-order chi connectivity index (χ0) is 23.1. The second-order valence-electron chi connectivity index (χ2n) is 6.52. The first kappa shape index (κ1) is 22.9. The van der Waals surface area contributed by atoms with Gasteiger partial charge in [0.15, 0.2) is 5.76 Å². The molecule has 0 saturated carbocycles. The fourth-order valence-corrected chi connectivity index (χ4v) is 2.81. The summed E-state index contributed by atoms with van der Waals surface area (Å²) in [5, 5.41) is 11.6. The largest absolute Gasteiger partial charge is 0.451 e. The van der Waals surface area contributed by atoms with Crippen LogP contribution in [0.15, 0.2) is 52.9 Å². The Kier molecular flexibility index (Phi) is 7.14. The second kappa shape index (κ2) is 10.00. The number of furan rings is 1. The van der Waals surface area contributed by atoms with Gasteiger partial charge in [0.25, 0.3) is 11.8 Å². The number of hydrogen-bond donors (Lipinski definition) is 3. The van der Waals surface area contributed by atoms with E-state index in [1.54, 1.807) is 36.4 Å². The number of fused-ring (bicyclic) bond motifs is 1. The molecular weight excluding hydrogens is 429 g/mol. The van der Waals surface area contributed by atoms with Gasteiger partial charge in [-0.05, 0) is 30.3 Å². The average Bonchev–Trinajstić information content (AvgIpc) is 3.14. The second-order valence-corrected chi connectivity index (χ2v) is 6.52. The van der Waals surface area contributed by atoms with Gasteiger partial charge in [-0.2, -0.15) is 13.2 Å². The number of carbonyl (C=O) groups is 2. The molecular formula is C22H17F3N2O5. The number of halogens is 3. The Morgan fingerprint density at radius 3 is 2.47 bits per heavy atom. The Balaban J connectivity index is 1.67. The van der Waals surface area contributed by atoms with Crippen LogP contribution in [0.2, 0.25) is 0 Å². The van der Waals surface area contributed by atoms with Crippen LogP contribution in [-0.4, -0.2) is 36.3 Å². The number of amides is 2. The van der Waals surface area contributed by atoms with E-state index in [4.69, 9.17) is 14.4 Å². The maximum Gasteiger partial charge on any atom is 0.411 e. The van der Waals surface area contributed by atoms with Gasteiger partial charge in [0.05, 0.1) is 13.2 Å². The third kappa shape index (κ3) is 5.87. The van der Waals surface area contributed by atoms with Crippen molar-refractivity contribution in [1.29, 1.82) is 0 Å². The minimum absolute atomic E-state index is 0.0579. The highest BCUT2D eigenvalue weighted by Gasteiger charge is 2.28. The SMILES string of the molecule is O=C(NO)c1ccc(C#CCNC(=O)c2oc3ccccc3c2COCC(F)(F)F)cc1. The van der Waals surface area contributed by atoms with Crippen molar-refractivity contribution in [3.8, 4) is 11.8 Å². The molecule has 3 N–H and O–H groups in total. The van der Waals surface area contributed by atoms with Crippen molar-refractivity contribution in [2.75, 3.05) is 13.2 Å². The molecule has 0 bridgehead atoms. The van der Waals surface area contributed by atoms with E-state index in [0.29, 0.717) is 16.5 Å². The molecule has 0 unspecified atom stereocenters. The van der Waals surface area contributed by atoms with Crippen molar-refractivity contribution >= 4 is 22.8 Å². The molecule has 0 aliphatic rings. The molecule has 1 heterocycles. The normalized spacial score (nSPS) is 11.0. The topological polar surface area (TPSA) is 101 Å². The number of benzene rings is 2. The smallest absolute Gasteiger partial charge is 0.411 e. The first-order valence-electron chi connectivity index (χ1n) is 9.25. The predicted molar refractivity (Wildman–Crippen MR) is 107 cm³/mol. The van der Waals surface area contributed by atoms with Gasteiger partial charge in [-0.15, -0.1) is 0 Å². The molecule has 0 atom stereocenters. The molecule has 0 saturated heterocycles. The van der Waals surface area contributed by atoms with E-state index in [1.807, 2.05) is 0 Å². The van der Waals surface area contributed by atoms with Crippen molar-refractivity contribution in [3.05, 3.63) is 71.0 Å². The van der Waals surface area contributed by atoms with Crippen LogP contribution in [0.5, 0.6) is 0 Å². The van der Waals surface area contributed by atoms with Crippen molar-refractivity contribution in [2.24, 2.45) is 0 Å². The summed E-state index contributed by atoms with van der Waals surface area (Å²) in [5.74, 6) is 4.07. The summed E-state index contributed by atoms with van der Waals surface area (Å²) in [7, 11) is 0. The molecule has 166 valence electrons. The molecule has 3 aromatic rings. The van der Waals surface area contributed by atoms with Crippen LogP contribution in [0.3, 0.4) is 0 Å². The fourth-order valence-electron chi connectivity index (χ4n) is 2.81. The molecule has 2 aromatic carbocycles. The number of nitrogens with one attached hydrogen (secondary N) is 2. The van der Waals surface area contributed by atoms with E-state index in [9.17, 15) is 22.8 Å². The summed E-state index contributed by atoms with van der Waals surface area (Å²) in [4.78, 5) is 23.8. The minimum Gasteiger partial charge on any atom is -0.451 e. The van der Waals surface area contributed by atoms with Gasteiger partial charge in [-0.25, -0.2) is 5.48 Å². The number of hydrogen-bond acceptors (Lipinski definition) is 5. The average molecular weight is 446 g/mol. The van der Waals surface area contributed by atoms with Crippen LogP contribution in [-0.2, 0) is 11.3 Å². The molecule has 0 radical (unpaired) electrons. The minimum atomic E-state index is -4.49. The molecule has 10 heteroatoms. The molecule has 1 aromatic heterocycles. The lowest BCUT2D eigenvalue weighted by atomic mass is 10.1. The quantitative estimate of drug-likeness (QED) is 0.306. The molecule has 0 aliphatic heterocycles. The monoisotopic (exact) mass is 446 g/mol. The molecule has 0 fully saturated rings. The zero-order valence-corrected chi connectivity index (χ0v) is 16.5. The van der Waals surface area contributed by atoms with Crippen LogP contribution in [0.1, 0.15) is 32.0 Å². The van der Waals surface area contributed by atoms with Crippen LogP contribution in [0.4, 0.5) is 13.2 Å². The van der Waals surface area contributed by atoms with E-state index in [-0.39, 0.29) is 23.4 Å². The summed E-state index contributed by atoms with van der Waals surface area (Å²) >= 11 is 0. The van der Waals surface area contributed by atoms with Gasteiger partial charge in [0.1, 0.15) is 12.2 Å². The van der Waals surface area contributed by atoms with Crippen LogP contribution < -0.4 is 10.8 Å². The Morgan fingerprint density at radius 1 is 1.06 bits per heavy atom. The molecule has 0 spiro atoms. The van der Waals surface area contributed by atoms with Gasteiger partial charge in [0.2, 0.25) is 0 Å². The van der Waals surface area contributed by atoms with E-state index in [0.717, 1.165) is 0 Å². The molecule has 2 amide bonds. The van der Waals surface area contributed by atoms with Crippen molar-refractivity contribution < 1.29 is 37.1 Å². The van der Waals surface area contributed by atoms with E-state index >= 15 is 0 Å². The maximum atomic E-state index is 12.5. The molecule has 7 nitrogen and oxygen atoms in total. The maximum absolute atomic E-state index is 12.5. The Bertz CT molecular complexity index is 1170. The number of hydroxylamine groups is 1. The number of carbonyl (C=O) groups excluding carboxylic acids is 2. The lowest BCUT2D eigenvalue weighted by Crippen LogP contribution is -2.24. The first-order valence-corrected chi connectivity index (χ1v) is 9.25. The summed E-state index contributed by atoms with van der Waals surface area (Å²) in [5.41, 5.74) is 2.90. The van der Waals surface area contributed by atoms with Gasteiger partial charge in [0, 0.05) is 22.1 Å². The molecule has 32 heavy (non-hydrogen) atoms. The highest BCUT2D eigenvalue weighted by Crippen LogP contribution is 2.27. The van der Waals surface area contributed by atoms with Gasteiger partial charge in [-0.3, -0.25) is 14.8 Å². The Labute approximate surface area is 180 Å². The zero-order valence-electron chi connectivity index (χ0n) is 16.5. The molecule has 3 rings (SSSR count). The predicted octanol–water partition coefficient (Wildman–Crippen LogP) is 3.41. The summed E-state index contributed by atoms with van der Waals surface area (Å²) in [6.07, 6.45) is -4.49. The van der Waals surface area contributed by atoms with E-state index < -0.39 is 31.2 Å². The van der Waals surface area contributed by atoms with Crippen molar-refractivity contribution in [1.82, 2.24) is 10.8 Å². The van der Waals surface area contributed by atoms with Gasteiger partial charge in [-0.1, -0.05) is 30.0 Å². The Morgan fingerprint density at radius 2 is 1.78 bits per heavy atom. The lowest BCUT2D eigenvalue weighted by molar-refractivity contribution is -0.176. The Hall–Kier alpha value is -3.81. The fraction of sp³-hybridized carbons (Fsp3) is 0.182. The molecule has 0 aliphatic carbocycles. The van der Waals surface area contributed by atoms with Gasteiger partial charge < -0.3 is 14.5 Å². The van der Waals surface area contributed by atoms with Crippen LogP contribution in [0, 0.1) is 11.8 Å². The van der Waals surface area contributed by atoms with E-state index in [2.05, 4.69) is 17.2 Å². The summed E-state index contributed by atoms with van der Waals surface area (Å²) in [6.45, 7) is -1.95. The number of para-hydroxylation sites is 1. The highest BCUT2D eigenvalue weighted by atomic mass is 19.4. The number of rotatable bonds is 6. The van der Waals surface area contributed by atoms with Crippen LogP contribution >= 0.6 is 0 Å². The first-order chi connectivity index (χ1) is 15.3. The third-order valence-corrected chi connectivity index (χ3v) is 4.24. The highest BCUT2D eigenvalue weighted by molar-refractivity contribution is 5.99.